The monoisotopic (exact) mass is 541 g/mol. The van der Waals surface area contributed by atoms with Gasteiger partial charge in [0.25, 0.3) is 5.24 Å². The van der Waals surface area contributed by atoms with Crippen LogP contribution in [0.2, 0.25) is 6.04 Å². The summed E-state index contributed by atoms with van der Waals surface area (Å²) in [6.07, 6.45) is 2.32. The van der Waals surface area contributed by atoms with Crippen LogP contribution in [0.3, 0.4) is 0 Å². The average Bonchev–Trinajstić information content (AvgIpc) is 2.73. The maximum Gasteiger partial charge on any atom is 0.500 e. The Balaban J connectivity index is 4.00. The maximum atomic E-state index is 12.2. The van der Waals surface area contributed by atoms with Gasteiger partial charge in [-0.3, -0.25) is 14.4 Å². The summed E-state index contributed by atoms with van der Waals surface area (Å²) in [5, 5.41) is 2.43. The Morgan fingerprint density at radius 2 is 1.35 bits per heavy atom. The molecule has 0 radical (unpaired) electrons. The van der Waals surface area contributed by atoms with E-state index in [-0.39, 0.29) is 47.1 Å². The summed E-state index contributed by atoms with van der Waals surface area (Å²) in [5.74, 6) is -0.627. The number of esters is 2. The number of carbonyl (C=O) groups excluding carboxylic acids is 3. The average molecular weight is 542 g/mol. The first-order valence-electron chi connectivity index (χ1n) is 12.0. The quantitative estimate of drug-likeness (QED) is 0.101. The number of ether oxygens (including phenoxy) is 2. The molecule has 12 heteroatoms. The lowest BCUT2D eigenvalue weighted by Crippen LogP contribution is -2.46. The van der Waals surface area contributed by atoms with Crippen LogP contribution in [0, 0.1) is 0 Å². The first-order chi connectivity index (χ1) is 16.2. The molecule has 0 saturated heterocycles. The fraction of sp³-hybridized carbons (Fsp3) is 0.864. The van der Waals surface area contributed by atoms with Crippen LogP contribution in [0.25, 0.3) is 0 Å². The highest BCUT2D eigenvalue weighted by atomic mass is 32.2. The molecule has 200 valence electrons. The highest BCUT2D eigenvalue weighted by Gasteiger charge is 2.39. The highest BCUT2D eigenvalue weighted by molar-refractivity contribution is 8.14. The Hall–Kier alpha value is -0.793. The van der Waals surface area contributed by atoms with Gasteiger partial charge in [-0.25, -0.2) is 0 Å². The van der Waals surface area contributed by atoms with E-state index >= 15 is 0 Å². The van der Waals surface area contributed by atoms with Gasteiger partial charge in [0, 0.05) is 42.9 Å². The number of hydrogen-bond donors (Lipinski definition) is 2. The minimum Gasteiger partial charge on any atom is -0.466 e. The second-order valence-corrected chi connectivity index (χ2v) is 12.7. The van der Waals surface area contributed by atoms with Crippen molar-refractivity contribution in [3.8, 4) is 0 Å². The number of hydrogen-bond acceptors (Lipinski definition) is 10. The van der Waals surface area contributed by atoms with Gasteiger partial charge < -0.3 is 28.1 Å². The molecule has 2 atom stereocenters. The molecular weight excluding hydrogens is 498 g/mol. The van der Waals surface area contributed by atoms with E-state index in [9.17, 15) is 14.4 Å². The van der Waals surface area contributed by atoms with E-state index < -0.39 is 8.80 Å². The molecule has 0 rings (SSSR count). The second kappa shape index (κ2) is 20.4. The van der Waals surface area contributed by atoms with Crippen molar-refractivity contribution in [3.05, 3.63) is 0 Å². The van der Waals surface area contributed by atoms with Crippen molar-refractivity contribution in [3.63, 3.8) is 0 Å². The van der Waals surface area contributed by atoms with Crippen LogP contribution in [-0.2, 0) is 32.3 Å². The van der Waals surface area contributed by atoms with Crippen LogP contribution >= 0.6 is 24.4 Å². The van der Waals surface area contributed by atoms with Gasteiger partial charge in [-0.05, 0) is 40.0 Å². The molecule has 0 heterocycles. The van der Waals surface area contributed by atoms with Crippen LogP contribution in [0.4, 0.5) is 4.79 Å². The molecule has 0 aliphatic heterocycles. The molecule has 0 bridgehead atoms. The highest BCUT2D eigenvalue weighted by Crippen LogP contribution is 2.19. The second-order valence-electron chi connectivity index (χ2n) is 7.63. The molecule has 0 aromatic heterocycles. The van der Waals surface area contributed by atoms with Crippen molar-refractivity contribution in [2.75, 3.05) is 39.6 Å². The van der Waals surface area contributed by atoms with Gasteiger partial charge in [0.2, 0.25) is 0 Å². The van der Waals surface area contributed by atoms with Gasteiger partial charge in [0.05, 0.1) is 26.1 Å². The van der Waals surface area contributed by atoms with Crippen LogP contribution in [0.5, 0.6) is 0 Å². The molecule has 0 aromatic rings. The van der Waals surface area contributed by atoms with Crippen LogP contribution in [0.15, 0.2) is 0 Å². The van der Waals surface area contributed by atoms with Gasteiger partial charge in [0.15, 0.2) is 0 Å². The third-order valence-electron chi connectivity index (χ3n) is 4.31. The fourth-order valence-corrected chi connectivity index (χ4v) is 6.46. The van der Waals surface area contributed by atoms with Crippen molar-refractivity contribution in [2.45, 2.75) is 83.3 Å². The van der Waals surface area contributed by atoms with E-state index in [2.05, 4.69) is 17.9 Å². The molecule has 0 aliphatic carbocycles. The largest absolute Gasteiger partial charge is 0.500 e. The van der Waals surface area contributed by atoms with Gasteiger partial charge in [-0.2, -0.15) is 12.6 Å². The minimum absolute atomic E-state index is 0.0299. The standard InChI is InChI=1S/C22H43NO8S2Si/c1-6-29-34(30-7-2,31-8-3)15-11-12-23-22(26)33-19(5)17-21(25)28-14-10-9-13-27-20(24)16-18(4)32/h18-19,32H,6-17H2,1-5H3,(H,23,26). The SMILES string of the molecule is CCO[Si](CCCNC(=O)SC(C)CC(=O)OCCCCOC(=O)CC(C)S)(OCC)OCC. The van der Waals surface area contributed by atoms with E-state index in [4.69, 9.17) is 22.8 Å². The predicted molar refractivity (Wildman–Crippen MR) is 139 cm³/mol. The third-order valence-corrected chi connectivity index (χ3v) is 8.57. The van der Waals surface area contributed by atoms with Gasteiger partial charge in [-0.1, -0.05) is 25.6 Å². The van der Waals surface area contributed by atoms with E-state index in [1.165, 1.54) is 0 Å². The molecule has 1 N–H and O–H groups in total. The van der Waals surface area contributed by atoms with Crippen molar-refractivity contribution in [1.29, 1.82) is 0 Å². The lowest BCUT2D eigenvalue weighted by Gasteiger charge is -2.28. The van der Waals surface area contributed by atoms with E-state index in [0.717, 1.165) is 11.8 Å². The zero-order valence-electron chi connectivity index (χ0n) is 21.3. The molecule has 1 amide bonds. The number of unbranched alkanes of at least 4 members (excludes halogenated alkanes) is 1. The van der Waals surface area contributed by atoms with Crippen molar-refractivity contribution < 1.29 is 37.1 Å². The molecule has 34 heavy (non-hydrogen) atoms. The molecule has 0 aromatic carbocycles. The Bertz CT molecular complexity index is 566. The number of amides is 1. The predicted octanol–water partition coefficient (Wildman–Crippen LogP) is 4.22. The van der Waals surface area contributed by atoms with Crippen molar-refractivity contribution in [2.24, 2.45) is 0 Å². The summed E-state index contributed by atoms with van der Waals surface area (Å²) in [5.41, 5.74) is 0. The third kappa shape index (κ3) is 17.6. The summed E-state index contributed by atoms with van der Waals surface area (Å²) in [7, 11) is -2.70. The summed E-state index contributed by atoms with van der Waals surface area (Å²) in [4.78, 5) is 35.5. The lowest BCUT2D eigenvalue weighted by molar-refractivity contribution is -0.146. The Morgan fingerprint density at radius 1 is 0.853 bits per heavy atom. The molecule has 2 unspecified atom stereocenters. The Labute approximate surface area is 215 Å². The van der Waals surface area contributed by atoms with E-state index in [1.54, 1.807) is 0 Å². The zero-order valence-corrected chi connectivity index (χ0v) is 24.0. The fourth-order valence-electron chi connectivity index (χ4n) is 2.93. The lowest BCUT2D eigenvalue weighted by atomic mass is 10.3. The number of thioether (sulfide) groups is 1. The van der Waals surface area contributed by atoms with Crippen LogP contribution < -0.4 is 5.32 Å². The maximum absolute atomic E-state index is 12.2. The summed E-state index contributed by atoms with van der Waals surface area (Å²) >= 11 is 5.22. The molecule has 0 saturated carbocycles. The molecule has 0 spiro atoms. The van der Waals surface area contributed by atoms with Gasteiger partial charge in [-0.15, -0.1) is 0 Å². The van der Waals surface area contributed by atoms with Crippen LogP contribution in [-0.4, -0.2) is 76.1 Å². The van der Waals surface area contributed by atoms with Crippen molar-refractivity contribution in [1.82, 2.24) is 5.32 Å². The minimum atomic E-state index is -2.70. The normalized spacial score (nSPS) is 13.2. The number of rotatable bonds is 20. The van der Waals surface area contributed by atoms with E-state index in [0.29, 0.717) is 58.3 Å². The molecule has 0 aliphatic rings. The smallest absolute Gasteiger partial charge is 0.466 e. The summed E-state index contributed by atoms with van der Waals surface area (Å²) < 4.78 is 27.7. The van der Waals surface area contributed by atoms with Gasteiger partial charge >= 0.3 is 20.7 Å². The molecular formula is C22H43NO8S2Si. The first kappa shape index (κ1) is 33.2. The van der Waals surface area contributed by atoms with Crippen LogP contribution in [0.1, 0.15) is 66.7 Å². The summed E-state index contributed by atoms with van der Waals surface area (Å²) in [6, 6.07) is 0.628. The zero-order chi connectivity index (χ0) is 25.8. The van der Waals surface area contributed by atoms with E-state index in [1.807, 2.05) is 34.6 Å². The summed E-state index contributed by atoms with van der Waals surface area (Å²) in [6.45, 7) is 12.0. The number of carbonyl (C=O) groups is 3. The molecule has 9 nitrogen and oxygen atoms in total. The first-order valence-corrected chi connectivity index (χ1v) is 15.4. The Kier molecular flexibility index (Phi) is 19.9. The number of nitrogens with one attached hydrogen (secondary N) is 1. The van der Waals surface area contributed by atoms with Gasteiger partial charge in [0.1, 0.15) is 0 Å². The molecule has 0 fully saturated rings. The Morgan fingerprint density at radius 3 is 1.82 bits per heavy atom. The number of thiol groups is 1. The van der Waals surface area contributed by atoms with Crippen molar-refractivity contribution >= 4 is 50.4 Å². The topological polar surface area (TPSA) is 109 Å².